The van der Waals surface area contributed by atoms with Crippen molar-refractivity contribution >= 4 is 27.1 Å². The molecule has 0 radical (unpaired) electrons. The van der Waals surface area contributed by atoms with E-state index in [2.05, 4.69) is 55.5 Å². The molecule has 0 saturated heterocycles. The highest BCUT2D eigenvalue weighted by molar-refractivity contribution is 6.14. The van der Waals surface area contributed by atoms with Crippen molar-refractivity contribution in [3.05, 3.63) is 65.2 Å². The molecule has 1 unspecified atom stereocenters. The summed E-state index contributed by atoms with van der Waals surface area (Å²) in [4.78, 5) is 0. The zero-order valence-corrected chi connectivity index (χ0v) is 11.6. The van der Waals surface area contributed by atoms with Crippen molar-refractivity contribution in [2.45, 2.75) is 25.7 Å². The van der Waals surface area contributed by atoms with Gasteiger partial charge < -0.3 is 0 Å². The van der Waals surface area contributed by atoms with Crippen LogP contribution in [0.5, 0.6) is 0 Å². The molecular formula is C20H16. The highest BCUT2D eigenvalue weighted by Gasteiger charge is 2.37. The van der Waals surface area contributed by atoms with Gasteiger partial charge in [-0.15, -0.1) is 0 Å². The van der Waals surface area contributed by atoms with E-state index in [-0.39, 0.29) is 0 Å². The fraction of sp³-hybridized carbons (Fsp3) is 0.200. The minimum atomic E-state index is 0.737. The second kappa shape index (κ2) is 3.52. The van der Waals surface area contributed by atoms with Crippen LogP contribution >= 0.6 is 0 Å². The van der Waals surface area contributed by atoms with E-state index in [0.717, 1.165) is 5.92 Å². The first-order valence-corrected chi connectivity index (χ1v) is 7.50. The highest BCUT2D eigenvalue weighted by Crippen LogP contribution is 2.56. The van der Waals surface area contributed by atoms with Gasteiger partial charge in [-0.2, -0.15) is 0 Å². The van der Waals surface area contributed by atoms with Gasteiger partial charge in [-0.25, -0.2) is 0 Å². The van der Waals surface area contributed by atoms with E-state index >= 15 is 0 Å². The molecule has 3 aromatic carbocycles. The summed E-state index contributed by atoms with van der Waals surface area (Å²) in [5, 5.41) is 5.60. The maximum absolute atomic E-state index is 2.46. The van der Waals surface area contributed by atoms with Crippen molar-refractivity contribution in [3.8, 4) is 0 Å². The van der Waals surface area contributed by atoms with E-state index in [1.807, 2.05) is 0 Å². The summed E-state index contributed by atoms with van der Waals surface area (Å²) in [6.45, 7) is 2.29. The maximum Gasteiger partial charge on any atom is 0.0104 e. The number of allylic oxidation sites excluding steroid dienone is 2. The summed E-state index contributed by atoms with van der Waals surface area (Å²) in [5.41, 5.74) is 6.27. The predicted molar refractivity (Wildman–Crippen MR) is 86.1 cm³/mol. The monoisotopic (exact) mass is 256 g/mol. The molecule has 3 aromatic rings. The summed E-state index contributed by atoms with van der Waals surface area (Å²) in [6.07, 6.45) is 5.03. The lowest BCUT2D eigenvalue weighted by Crippen LogP contribution is -2.15. The minimum Gasteiger partial charge on any atom is -0.0800 e. The van der Waals surface area contributed by atoms with Crippen molar-refractivity contribution in [1.29, 1.82) is 0 Å². The Morgan fingerprint density at radius 1 is 0.950 bits per heavy atom. The van der Waals surface area contributed by atoms with Gasteiger partial charge in [-0.3, -0.25) is 0 Å². The van der Waals surface area contributed by atoms with Crippen LogP contribution in [0.2, 0.25) is 0 Å². The molecule has 0 bridgehead atoms. The molecule has 0 N–H and O–H groups in total. The van der Waals surface area contributed by atoms with Crippen molar-refractivity contribution in [2.24, 2.45) is 0 Å². The fourth-order valence-corrected chi connectivity index (χ4v) is 4.27. The van der Waals surface area contributed by atoms with Gasteiger partial charge >= 0.3 is 0 Å². The molecule has 96 valence electrons. The zero-order valence-electron chi connectivity index (χ0n) is 11.6. The minimum absolute atomic E-state index is 0.737. The van der Waals surface area contributed by atoms with Crippen LogP contribution in [0, 0.1) is 6.92 Å². The van der Waals surface area contributed by atoms with Crippen molar-refractivity contribution < 1.29 is 0 Å². The van der Waals surface area contributed by atoms with Gasteiger partial charge in [0.1, 0.15) is 0 Å². The molecule has 0 spiro atoms. The molecule has 0 heteroatoms. The van der Waals surface area contributed by atoms with Gasteiger partial charge in [0.25, 0.3) is 0 Å². The van der Waals surface area contributed by atoms with E-state index in [4.69, 9.17) is 0 Å². The average molecular weight is 256 g/mol. The number of benzene rings is 3. The Balaban J connectivity index is 1.99. The third kappa shape index (κ3) is 1.13. The van der Waals surface area contributed by atoms with Crippen LogP contribution in [0.25, 0.3) is 27.1 Å². The third-order valence-electron chi connectivity index (χ3n) is 5.13. The summed E-state index contributed by atoms with van der Waals surface area (Å²) in [6, 6.07) is 15.7. The molecule has 0 aromatic heterocycles. The maximum atomic E-state index is 2.46. The summed E-state index contributed by atoms with van der Waals surface area (Å²) >= 11 is 0. The van der Waals surface area contributed by atoms with Crippen molar-refractivity contribution in [3.63, 3.8) is 0 Å². The first-order valence-electron chi connectivity index (χ1n) is 7.50. The van der Waals surface area contributed by atoms with Gasteiger partial charge in [0.05, 0.1) is 0 Å². The summed E-state index contributed by atoms with van der Waals surface area (Å²) < 4.78 is 0. The molecule has 0 nitrogen and oxygen atoms in total. The van der Waals surface area contributed by atoms with E-state index in [9.17, 15) is 0 Å². The van der Waals surface area contributed by atoms with Gasteiger partial charge in [0.2, 0.25) is 0 Å². The largest absolute Gasteiger partial charge is 0.0800 e. The number of aryl methyl sites for hydroxylation is 1. The number of hydrogen-bond acceptors (Lipinski definition) is 0. The number of rotatable bonds is 0. The molecule has 0 aliphatic heterocycles. The second-order valence-electron chi connectivity index (χ2n) is 6.15. The Morgan fingerprint density at radius 2 is 1.85 bits per heavy atom. The van der Waals surface area contributed by atoms with Crippen LogP contribution in [0.1, 0.15) is 35.4 Å². The Kier molecular flexibility index (Phi) is 1.88. The average Bonchev–Trinajstić information content (AvgIpc) is 2.85. The Bertz CT molecular complexity index is 912. The molecule has 5 rings (SSSR count). The Labute approximate surface area is 118 Å². The van der Waals surface area contributed by atoms with E-state index < -0.39 is 0 Å². The first-order chi connectivity index (χ1) is 9.84. The third-order valence-corrected chi connectivity index (χ3v) is 5.13. The molecular weight excluding hydrogens is 240 g/mol. The molecule has 20 heavy (non-hydrogen) atoms. The molecule has 0 saturated carbocycles. The second-order valence-corrected chi connectivity index (χ2v) is 6.15. The van der Waals surface area contributed by atoms with Gasteiger partial charge in [0.15, 0.2) is 0 Å². The lowest BCUT2D eigenvalue weighted by atomic mass is 9.70. The molecule has 2 aliphatic carbocycles. The van der Waals surface area contributed by atoms with Crippen molar-refractivity contribution in [2.75, 3.05) is 0 Å². The smallest absolute Gasteiger partial charge is 0.0104 e. The topological polar surface area (TPSA) is 0 Å². The summed E-state index contributed by atoms with van der Waals surface area (Å²) in [7, 11) is 0. The lowest BCUT2D eigenvalue weighted by Gasteiger charge is -2.34. The first kappa shape index (κ1) is 10.7. The highest BCUT2D eigenvalue weighted by atomic mass is 14.4. The Hall–Kier alpha value is -2.08. The lowest BCUT2D eigenvalue weighted by molar-refractivity contribution is 0.774. The van der Waals surface area contributed by atoms with E-state index in [0.29, 0.717) is 0 Å². The van der Waals surface area contributed by atoms with E-state index in [1.165, 1.54) is 39.9 Å². The van der Waals surface area contributed by atoms with Gasteiger partial charge in [0, 0.05) is 5.92 Å². The SMILES string of the molecule is Cc1cc2c(ccc3ccccc32)c2c1C1CCC=C21. The molecule has 0 fully saturated rings. The number of hydrogen-bond donors (Lipinski definition) is 0. The standard InChI is InChI=1S/C20H16/c1-12-11-18-14-6-3-2-5-13(14)9-10-17(18)20-16-8-4-7-15(16)19(12)20/h2-3,5-6,8-11,15H,4,7H2,1H3. The fourth-order valence-electron chi connectivity index (χ4n) is 4.27. The van der Waals surface area contributed by atoms with Crippen LogP contribution in [-0.4, -0.2) is 0 Å². The van der Waals surface area contributed by atoms with E-state index in [1.54, 1.807) is 16.7 Å². The summed E-state index contributed by atoms with van der Waals surface area (Å²) in [5.74, 6) is 0.737. The molecule has 1 atom stereocenters. The molecule has 0 amide bonds. The van der Waals surface area contributed by atoms with Crippen LogP contribution in [0.15, 0.2) is 48.5 Å². The van der Waals surface area contributed by atoms with Crippen LogP contribution in [0.3, 0.4) is 0 Å². The van der Waals surface area contributed by atoms with Crippen LogP contribution in [0.4, 0.5) is 0 Å². The van der Waals surface area contributed by atoms with Crippen LogP contribution in [-0.2, 0) is 0 Å². The van der Waals surface area contributed by atoms with Gasteiger partial charge in [-0.1, -0.05) is 48.5 Å². The quantitative estimate of drug-likeness (QED) is 0.461. The molecule has 2 aliphatic rings. The van der Waals surface area contributed by atoms with Crippen LogP contribution < -0.4 is 0 Å². The normalized spacial score (nSPS) is 19.6. The number of fused-ring (bicyclic) bond motifs is 8. The van der Waals surface area contributed by atoms with Crippen molar-refractivity contribution in [1.82, 2.24) is 0 Å². The zero-order chi connectivity index (χ0) is 13.3. The van der Waals surface area contributed by atoms with Gasteiger partial charge in [-0.05, 0) is 63.6 Å². The molecule has 0 heterocycles. The Morgan fingerprint density at radius 3 is 2.80 bits per heavy atom. The predicted octanol–water partition coefficient (Wildman–Crippen LogP) is 5.58.